The summed E-state index contributed by atoms with van der Waals surface area (Å²) in [4.78, 5) is 7.03. The highest BCUT2D eigenvalue weighted by molar-refractivity contribution is 6.18. The lowest BCUT2D eigenvalue weighted by Crippen LogP contribution is -2.53. The summed E-state index contributed by atoms with van der Waals surface area (Å²) in [5.41, 5.74) is 1.04. The van der Waals surface area contributed by atoms with Crippen LogP contribution in [0.4, 0.5) is 5.82 Å². The minimum absolute atomic E-state index is 0.0451. The lowest BCUT2D eigenvalue weighted by molar-refractivity contribution is 0.0641. The number of halogens is 1. The van der Waals surface area contributed by atoms with E-state index in [0.29, 0.717) is 5.88 Å². The molecule has 2 aromatic rings. The summed E-state index contributed by atoms with van der Waals surface area (Å²) in [6.07, 6.45) is 1.90. The molecule has 1 aliphatic rings. The van der Waals surface area contributed by atoms with E-state index in [1.807, 2.05) is 12.3 Å². The third kappa shape index (κ3) is 2.25. The Labute approximate surface area is 124 Å². The van der Waals surface area contributed by atoms with Crippen molar-refractivity contribution in [3.05, 3.63) is 36.0 Å². The van der Waals surface area contributed by atoms with Gasteiger partial charge in [0.1, 0.15) is 5.82 Å². The molecule has 2 heterocycles. The van der Waals surface area contributed by atoms with Gasteiger partial charge in [-0.2, -0.15) is 0 Å². The summed E-state index contributed by atoms with van der Waals surface area (Å²) in [5, 5.41) is 2.36. The topological polar surface area (TPSA) is 25.4 Å². The van der Waals surface area contributed by atoms with E-state index in [2.05, 4.69) is 41.9 Å². The van der Waals surface area contributed by atoms with E-state index in [1.54, 1.807) is 0 Å². The lowest BCUT2D eigenvalue weighted by atomic mass is 10.0. The molecule has 0 aliphatic carbocycles. The van der Waals surface area contributed by atoms with Crippen LogP contribution < -0.4 is 4.90 Å². The van der Waals surface area contributed by atoms with Crippen LogP contribution >= 0.6 is 11.6 Å². The van der Waals surface area contributed by atoms with E-state index < -0.39 is 0 Å². The van der Waals surface area contributed by atoms with Gasteiger partial charge in [0.15, 0.2) is 0 Å². The van der Waals surface area contributed by atoms with E-state index in [4.69, 9.17) is 16.3 Å². The zero-order valence-electron chi connectivity index (χ0n) is 11.9. The van der Waals surface area contributed by atoms with Gasteiger partial charge in [-0.05, 0) is 24.8 Å². The molecule has 0 bridgehead atoms. The van der Waals surface area contributed by atoms with Crippen LogP contribution in [-0.2, 0) is 10.6 Å². The highest BCUT2D eigenvalue weighted by Gasteiger charge is 2.32. The summed E-state index contributed by atoms with van der Waals surface area (Å²) in [5.74, 6) is 1.52. The number of anilines is 1. The molecule has 1 aromatic carbocycles. The van der Waals surface area contributed by atoms with Crippen molar-refractivity contribution in [2.24, 2.45) is 0 Å². The molecule has 0 atom stereocenters. The lowest BCUT2D eigenvalue weighted by Gasteiger charge is -2.43. The fourth-order valence-electron chi connectivity index (χ4n) is 2.81. The van der Waals surface area contributed by atoms with E-state index >= 15 is 0 Å². The molecular formula is C16H19ClN2O. The average molecular weight is 291 g/mol. The minimum Gasteiger partial charge on any atom is -0.377 e. The summed E-state index contributed by atoms with van der Waals surface area (Å²) in [7, 11) is 0. The van der Waals surface area contributed by atoms with Crippen LogP contribution in [0.1, 0.15) is 19.4 Å². The van der Waals surface area contributed by atoms with Crippen LogP contribution in [0.25, 0.3) is 10.8 Å². The average Bonchev–Trinajstić information content (AvgIpc) is 2.46. The van der Waals surface area contributed by atoms with Crippen LogP contribution in [0.5, 0.6) is 0 Å². The maximum absolute atomic E-state index is 6.03. The number of aromatic nitrogens is 1. The Kier molecular flexibility index (Phi) is 3.57. The van der Waals surface area contributed by atoms with Crippen LogP contribution in [0.2, 0.25) is 0 Å². The molecule has 0 radical (unpaired) electrons. The number of hydrogen-bond acceptors (Lipinski definition) is 3. The first kappa shape index (κ1) is 13.7. The van der Waals surface area contributed by atoms with Gasteiger partial charge in [-0.3, -0.25) is 0 Å². The van der Waals surface area contributed by atoms with Gasteiger partial charge in [0, 0.05) is 24.0 Å². The second-order valence-corrected chi connectivity index (χ2v) is 6.07. The summed E-state index contributed by atoms with van der Waals surface area (Å²) >= 11 is 6.03. The second kappa shape index (κ2) is 5.23. The van der Waals surface area contributed by atoms with Crippen molar-refractivity contribution < 1.29 is 4.74 Å². The highest BCUT2D eigenvalue weighted by atomic mass is 35.5. The molecule has 3 rings (SSSR count). The van der Waals surface area contributed by atoms with Gasteiger partial charge in [-0.1, -0.05) is 24.3 Å². The fourth-order valence-corrected chi connectivity index (χ4v) is 3.02. The molecule has 1 fully saturated rings. The number of pyridine rings is 1. The van der Waals surface area contributed by atoms with Crippen molar-refractivity contribution in [2.45, 2.75) is 25.3 Å². The van der Waals surface area contributed by atoms with Gasteiger partial charge in [0.2, 0.25) is 0 Å². The normalized spacial score (nSPS) is 18.4. The van der Waals surface area contributed by atoms with E-state index in [9.17, 15) is 0 Å². The first-order chi connectivity index (χ1) is 9.63. The molecule has 1 aliphatic heterocycles. The number of hydrogen-bond donors (Lipinski definition) is 0. The Hall–Kier alpha value is -1.32. The van der Waals surface area contributed by atoms with Crippen molar-refractivity contribution in [3.8, 4) is 0 Å². The highest BCUT2D eigenvalue weighted by Crippen LogP contribution is 2.33. The number of nitrogens with zero attached hydrogens (tertiary/aromatic N) is 2. The van der Waals surface area contributed by atoms with Crippen molar-refractivity contribution in [1.82, 2.24) is 4.98 Å². The smallest absolute Gasteiger partial charge is 0.137 e. The standard InChI is InChI=1S/C16H19ClN2O/c1-16(2)11-20-8-7-19(16)15-14-6-4-3-5-13(14)12(9-17)10-18-15/h3-6,10H,7-9,11H2,1-2H3. The Morgan fingerprint density at radius 3 is 2.75 bits per heavy atom. The van der Waals surface area contributed by atoms with Gasteiger partial charge in [0.05, 0.1) is 18.8 Å². The molecule has 0 spiro atoms. The molecule has 3 nitrogen and oxygen atoms in total. The van der Waals surface area contributed by atoms with E-state index in [1.165, 1.54) is 10.8 Å². The predicted molar refractivity (Wildman–Crippen MR) is 83.5 cm³/mol. The molecule has 106 valence electrons. The van der Waals surface area contributed by atoms with Crippen LogP contribution in [0, 0.1) is 0 Å². The SMILES string of the molecule is CC1(C)COCCN1c1ncc(CCl)c2ccccc12. The van der Waals surface area contributed by atoms with Gasteiger partial charge >= 0.3 is 0 Å². The number of fused-ring (bicyclic) bond motifs is 1. The third-order valence-electron chi connectivity index (χ3n) is 3.90. The van der Waals surface area contributed by atoms with Gasteiger partial charge in [0.25, 0.3) is 0 Å². The maximum Gasteiger partial charge on any atom is 0.137 e. The van der Waals surface area contributed by atoms with Gasteiger partial charge < -0.3 is 9.64 Å². The van der Waals surface area contributed by atoms with Crippen molar-refractivity contribution in [3.63, 3.8) is 0 Å². The molecule has 0 N–H and O–H groups in total. The molecule has 1 aromatic heterocycles. The molecule has 1 saturated heterocycles. The molecule has 4 heteroatoms. The van der Waals surface area contributed by atoms with Gasteiger partial charge in [-0.25, -0.2) is 4.98 Å². The number of ether oxygens (including phenoxy) is 1. The second-order valence-electron chi connectivity index (χ2n) is 5.80. The zero-order valence-corrected chi connectivity index (χ0v) is 12.7. The fraction of sp³-hybridized carbons (Fsp3) is 0.438. The summed E-state index contributed by atoms with van der Waals surface area (Å²) in [6, 6.07) is 8.34. The Morgan fingerprint density at radius 1 is 1.30 bits per heavy atom. The van der Waals surface area contributed by atoms with Crippen molar-refractivity contribution >= 4 is 28.2 Å². The molecule has 20 heavy (non-hydrogen) atoms. The number of rotatable bonds is 2. The van der Waals surface area contributed by atoms with Crippen molar-refractivity contribution in [1.29, 1.82) is 0 Å². The predicted octanol–water partition coefficient (Wildman–Crippen LogP) is 3.59. The quantitative estimate of drug-likeness (QED) is 0.791. The zero-order chi connectivity index (χ0) is 14.2. The first-order valence-corrected chi connectivity index (χ1v) is 7.45. The molecule has 0 unspecified atom stereocenters. The molecule has 0 saturated carbocycles. The van der Waals surface area contributed by atoms with Crippen LogP contribution in [-0.4, -0.2) is 30.3 Å². The summed E-state index contributed by atoms with van der Waals surface area (Å²) < 4.78 is 5.60. The maximum atomic E-state index is 6.03. The Morgan fingerprint density at radius 2 is 2.05 bits per heavy atom. The first-order valence-electron chi connectivity index (χ1n) is 6.91. The molecular weight excluding hydrogens is 272 g/mol. The minimum atomic E-state index is -0.0451. The largest absolute Gasteiger partial charge is 0.377 e. The van der Waals surface area contributed by atoms with E-state index in [-0.39, 0.29) is 5.54 Å². The van der Waals surface area contributed by atoms with Crippen molar-refractivity contribution in [2.75, 3.05) is 24.7 Å². The Bertz CT molecular complexity index is 627. The third-order valence-corrected chi connectivity index (χ3v) is 4.19. The van der Waals surface area contributed by atoms with Crippen LogP contribution in [0.15, 0.2) is 30.5 Å². The molecule has 0 amide bonds. The number of benzene rings is 1. The summed E-state index contributed by atoms with van der Waals surface area (Å²) in [6.45, 7) is 6.72. The van der Waals surface area contributed by atoms with E-state index in [0.717, 1.165) is 31.1 Å². The van der Waals surface area contributed by atoms with Crippen LogP contribution in [0.3, 0.4) is 0 Å². The monoisotopic (exact) mass is 290 g/mol. The Balaban J connectivity index is 2.17. The number of alkyl halides is 1. The van der Waals surface area contributed by atoms with Gasteiger partial charge in [-0.15, -0.1) is 11.6 Å². The number of morpholine rings is 1.